The Balaban J connectivity index is 2.04. The molecule has 0 bridgehead atoms. The second-order valence-corrected chi connectivity index (χ2v) is 5.54. The van der Waals surface area contributed by atoms with Gasteiger partial charge in [-0.25, -0.2) is 0 Å². The van der Waals surface area contributed by atoms with Crippen LogP contribution in [0.15, 0.2) is 36.4 Å². The lowest BCUT2D eigenvalue weighted by Gasteiger charge is -2.10. The highest BCUT2D eigenvalue weighted by Gasteiger charge is 2.16. The number of benzene rings is 2. The summed E-state index contributed by atoms with van der Waals surface area (Å²) in [5.74, 6) is -0.0140. The van der Waals surface area contributed by atoms with Crippen LogP contribution in [0.5, 0.6) is 5.75 Å². The number of carbonyl (C=O) groups is 1. The molecule has 6 nitrogen and oxygen atoms in total. The maximum absolute atomic E-state index is 11.9. The molecule has 1 amide bonds. The first-order valence-corrected chi connectivity index (χ1v) is 7.25. The number of hydrogen-bond acceptors (Lipinski definition) is 4. The first-order valence-electron chi connectivity index (χ1n) is 6.49. The molecule has 0 unspecified atom stereocenters. The molecule has 0 fully saturated rings. The van der Waals surface area contributed by atoms with E-state index in [2.05, 4.69) is 5.32 Å². The summed E-state index contributed by atoms with van der Waals surface area (Å²) in [4.78, 5) is 22.2. The largest absolute Gasteiger partial charge is 0.483 e. The summed E-state index contributed by atoms with van der Waals surface area (Å²) in [5.41, 5.74) is 0.553. The van der Waals surface area contributed by atoms with Crippen LogP contribution in [0.4, 0.5) is 11.4 Å². The van der Waals surface area contributed by atoms with Gasteiger partial charge >= 0.3 is 0 Å². The van der Waals surface area contributed by atoms with Crippen molar-refractivity contribution in [3.63, 3.8) is 0 Å². The summed E-state index contributed by atoms with van der Waals surface area (Å²) in [7, 11) is 0. The van der Waals surface area contributed by atoms with Crippen LogP contribution in [0, 0.1) is 17.0 Å². The van der Waals surface area contributed by atoms with Gasteiger partial charge in [-0.2, -0.15) is 0 Å². The number of aryl methyl sites for hydroxylation is 1. The second-order valence-electron chi connectivity index (χ2n) is 4.67. The maximum Gasteiger partial charge on any atom is 0.294 e. The third kappa shape index (κ3) is 4.58. The summed E-state index contributed by atoms with van der Waals surface area (Å²) >= 11 is 11.6. The van der Waals surface area contributed by atoms with Gasteiger partial charge in [-0.15, -0.1) is 0 Å². The van der Waals surface area contributed by atoms with E-state index in [1.54, 1.807) is 25.1 Å². The Morgan fingerprint density at radius 2 is 1.87 bits per heavy atom. The van der Waals surface area contributed by atoms with Gasteiger partial charge in [-0.1, -0.05) is 23.2 Å². The lowest BCUT2D eigenvalue weighted by atomic mass is 10.2. The fourth-order valence-corrected chi connectivity index (χ4v) is 2.26. The van der Waals surface area contributed by atoms with Crippen LogP contribution in [-0.4, -0.2) is 17.4 Å². The van der Waals surface area contributed by atoms with Crippen molar-refractivity contribution in [2.75, 3.05) is 11.9 Å². The molecule has 0 aliphatic carbocycles. The molecule has 0 saturated heterocycles. The minimum atomic E-state index is -0.619. The van der Waals surface area contributed by atoms with E-state index < -0.39 is 10.8 Å². The Labute approximate surface area is 142 Å². The van der Waals surface area contributed by atoms with Crippen molar-refractivity contribution >= 4 is 40.5 Å². The van der Waals surface area contributed by atoms with Crippen LogP contribution in [0.2, 0.25) is 10.0 Å². The van der Waals surface area contributed by atoms with Crippen molar-refractivity contribution in [1.82, 2.24) is 0 Å². The summed E-state index contributed by atoms with van der Waals surface area (Å²) < 4.78 is 5.38. The van der Waals surface area contributed by atoms with Crippen LogP contribution < -0.4 is 10.1 Å². The average molecular weight is 355 g/mol. The van der Waals surface area contributed by atoms with Crippen molar-refractivity contribution in [3.8, 4) is 5.75 Å². The summed E-state index contributed by atoms with van der Waals surface area (Å²) in [5, 5.41) is 14.2. The molecule has 0 heterocycles. The topological polar surface area (TPSA) is 81.5 Å². The lowest BCUT2D eigenvalue weighted by molar-refractivity contribution is -0.383. The normalized spacial score (nSPS) is 10.2. The first kappa shape index (κ1) is 17.1. The average Bonchev–Trinajstić information content (AvgIpc) is 2.48. The molecule has 1 N–H and O–H groups in total. The number of nitro groups is 1. The minimum absolute atomic E-state index is 0.0563. The highest BCUT2D eigenvalue weighted by atomic mass is 35.5. The number of nitro benzene ring substituents is 1. The van der Waals surface area contributed by atoms with Gasteiger partial charge in [0, 0.05) is 16.1 Å². The van der Waals surface area contributed by atoms with E-state index in [0.29, 0.717) is 10.8 Å². The zero-order chi connectivity index (χ0) is 17.0. The maximum atomic E-state index is 11.9. The molecule has 0 aromatic heterocycles. The molecule has 0 aliphatic rings. The number of hydrogen-bond donors (Lipinski definition) is 1. The van der Waals surface area contributed by atoms with E-state index in [9.17, 15) is 14.9 Å². The number of carbonyl (C=O) groups excluding carboxylic acids is 1. The number of halogens is 2. The molecule has 0 spiro atoms. The van der Waals surface area contributed by atoms with E-state index in [0.717, 1.165) is 5.56 Å². The number of amides is 1. The molecule has 0 atom stereocenters. The number of nitrogens with zero attached hydrogens (tertiary/aromatic N) is 1. The zero-order valence-electron chi connectivity index (χ0n) is 12.0. The van der Waals surface area contributed by atoms with Crippen molar-refractivity contribution in [3.05, 3.63) is 62.1 Å². The van der Waals surface area contributed by atoms with Crippen molar-refractivity contribution in [2.45, 2.75) is 6.92 Å². The van der Waals surface area contributed by atoms with Crippen LogP contribution in [0.25, 0.3) is 0 Å². The molecule has 0 radical (unpaired) electrons. The van der Waals surface area contributed by atoms with Crippen molar-refractivity contribution < 1.29 is 14.5 Å². The van der Waals surface area contributed by atoms with Crippen molar-refractivity contribution in [1.29, 1.82) is 0 Å². The Hall–Kier alpha value is -2.31. The molecular formula is C15H12Cl2N2O4. The molecule has 2 aromatic rings. The van der Waals surface area contributed by atoms with Gasteiger partial charge in [-0.05, 0) is 42.8 Å². The Morgan fingerprint density at radius 1 is 1.22 bits per heavy atom. The molecule has 0 saturated carbocycles. The van der Waals surface area contributed by atoms with Crippen LogP contribution in [-0.2, 0) is 4.79 Å². The third-order valence-electron chi connectivity index (χ3n) is 2.93. The Kier molecular flexibility index (Phi) is 5.41. The SMILES string of the molecule is Cc1cc(Cl)ccc1OCC(=O)Nc1ccc(Cl)cc1[N+](=O)[O-]. The predicted octanol–water partition coefficient (Wildman–Crippen LogP) is 4.23. The molecule has 2 aromatic carbocycles. The fraction of sp³-hybridized carbons (Fsp3) is 0.133. The van der Waals surface area contributed by atoms with E-state index in [1.165, 1.54) is 18.2 Å². The van der Waals surface area contributed by atoms with Gasteiger partial charge < -0.3 is 10.1 Å². The second kappa shape index (κ2) is 7.30. The van der Waals surface area contributed by atoms with Gasteiger partial charge in [0.15, 0.2) is 6.61 Å². The number of nitrogens with one attached hydrogen (secondary N) is 1. The predicted molar refractivity (Wildman–Crippen MR) is 88.4 cm³/mol. The molecule has 2 rings (SSSR count). The van der Waals surface area contributed by atoms with Crippen LogP contribution in [0.1, 0.15) is 5.56 Å². The van der Waals surface area contributed by atoms with E-state index >= 15 is 0 Å². The minimum Gasteiger partial charge on any atom is -0.483 e. The Bertz CT molecular complexity index is 765. The highest BCUT2D eigenvalue weighted by Crippen LogP contribution is 2.28. The molecule has 8 heteroatoms. The van der Waals surface area contributed by atoms with Crippen LogP contribution >= 0.6 is 23.2 Å². The lowest BCUT2D eigenvalue weighted by Crippen LogP contribution is -2.21. The van der Waals surface area contributed by atoms with E-state index in [-0.39, 0.29) is 23.0 Å². The molecule has 0 aliphatic heterocycles. The third-order valence-corrected chi connectivity index (χ3v) is 3.40. The standard InChI is InChI=1S/C15H12Cl2N2O4/c1-9-6-10(16)3-5-14(9)23-8-15(20)18-12-4-2-11(17)7-13(12)19(21)22/h2-7H,8H2,1H3,(H,18,20). The van der Waals surface area contributed by atoms with Crippen molar-refractivity contribution in [2.24, 2.45) is 0 Å². The monoisotopic (exact) mass is 354 g/mol. The van der Waals surface area contributed by atoms with Gasteiger partial charge in [-0.3, -0.25) is 14.9 Å². The highest BCUT2D eigenvalue weighted by molar-refractivity contribution is 6.31. The van der Waals surface area contributed by atoms with Gasteiger partial charge in [0.2, 0.25) is 0 Å². The summed E-state index contributed by atoms with van der Waals surface area (Å²) in [6.07, 6.45) is 0. The van der Waals surface area contributed by atoms with E-state index in [4.69, 9.17) is 27.9 Å². The number of rotatable bonds is 5. The summed E-state index contributed by atoms with van der Waals surface area (Å²) in [6, 6.07) is 8.99. The van der Waals surface area contributed by atoms with Crippen LogP contribution in [0.3, 0.4) is 0 Å². The summed E-state index contributed by atoms with van der Waals surface area (Å²) in [6.45, 7) is 1.51. The zero-order valence-corrected chi connectivity index (χ0v) is 13.5. The molecular weight excluding hydrogens is 343 g/mol. The first-order chi connectivity index (χ1) is 10.9. The number of ether oxygens (including phenoxy) is 1. The van der Waals surface area contributed by atoms with E-state index in [1.807, 2.05) is 0 Å². The smallest absolute Gasteiger partial charge is 0.294 e. The van der Waals surface area contributed by atoms with Gasteiger partial charge in [0.25, 0.3) is 11.6 Å². The van der Waals surface area contributed by atoms with Gasteiger partial charge in [0.1, 0.15) is 11.4 Å². The molecule has 120 valence electrons. The fourth-order valence-electron chi connectivity index (χ4n) is 1.87. The Morgan fingerprint density at radius 3 is 2.52 bits per heavy atom. The number of anilines is 1. The molecule has 23 heavy (non-hydrogen) atoms. The van der Waals surface area contributed by atoms with Gasteiger partial charge in [0.05, 0.1) is 4.92 Å². The quantitative estimate of drug-likeness (QED) is 0.643.